The molecule has 2 aromatic carbocycles. The van der Waals surface area contributed by atoms with Crippen LogP contribution in [0.25, 0.3) is 10.2 Å². The molecule has 19 heavy (non-hydrogen) atoms. The minimum atomic E-state index is -0.366. The first kappa shape index (κ1) is 12.4. The van der Waals surface area contributed by atoms with Gasteiger partial charge >= 0.3 is 0 Å². The van der Waals surface area contributed by atoms with Crippen LogP contribution in [0.4, 0.5) is 10.1 Å². The number of thioether (sulfide) groups is 1. The van der Waals surface area contributed by atoms with Crippen LogP contribution in [0.1, 0.15) is 5.01 Å². The van der Waals surface area contributed by atoms with E-state index in [1.807, 2.05) is 24.3 Å². The average molecular weight is 290 g/mol. The van der Waals surface area contributed by atoms with E-state index in [0.29, 0.717) is 0 Å². The molecule has 0 bridgehead atoms. The van der Waals surface area contributed by atoms with Crippen molar-refractivity contribution >= 4 is 39.0 Å². The third-order valence-electron chi connectivity index (χ3n) is 2.67. The SMILES string of the molecule is Nc1ccc(SCc2nc3ccccc3s2)cc1F. The Hall–Kier alpha value is -1.59. The van der Waals surface area contributed by atoms with Gasteiger partial charge in [0.2, 0.25) is 0 Å². The Morgan fingerprint density at radius 3 is 2.84 bits per heavy atom. The molecule has 3 aromatic rings. The molecule has 96 valence electrons. The van der Waals surface area contributed by atoms with Gasteiger partial charge in [-0.3, -0.25) is 0 Å². The largest absolute Gasteiger partial charge is 0.396 e. The van der Waals surface area contributed by atoms with Gasteiger partial charge in [-0.05, 0) is 30.3 Å². The molecule has 2 nitrogen and oxygen atoms in total. The van der Waals surface area contributed by atoms with E-state index in [0.717, 1.165) is 21.2 Å². The summed E-state index contributed by atoms with van der Waals surface area (Å²) in [5.41, 5.74) is 6.66. The van der Waals surface area contributed by atoms with Gasteiger partial charge in [0.25, 0.3) is 0 Å². The van der Waals surface area contributed by atoms with Crippen LogP contribution in [0.5, 0.6) is 0 Å². The fourth-order valence-corrected chi connectivity index (χ4v) is 3.61. The molecule has 0 radical (unpaired) electrons. The maximum atomic E-state index is 13.3. The van der Waals surface area contributed by atoms with Crippen LogP contribution in [0.15, 0.2) is 47.4 Å². The molecular formula is C14H11FN2S2. The molecule has 0 aliphatic carbocycles. The number of hydrogen-bond donors (Lipinski definition) is 1. The number of fused-ring (bicyclic) bond motifs is 1. The lowest BCUT2D eigenvalue weighted by atomic mass is 10.3. The zero-order valence-corrected chi connectivity index (χ0v) is 11.6. The maximum Gasteiger partial charge on any atom is 0.147 e. The van der Waals surface area contributed by atoms with Gasteiger partial charge < -0.3 is 5.73 Å². The summed E-state index contributed by atoms with van der Waals surface area (Å²) in [5.74, 6) is 0.372. The second-order valence-corrected chi connectivity index (χ2v) is 6.21. The number of rotatable bonds is 3. The Morgan fingerprint density at radius 2 is 2.05 bits per heavy atom. The summed E-state index contributed by atoms with van der Waals surface area (Å²) in [4.78, 5) is 5.41. The highest BCUT2D eigenvalue weighted by Gasteiger charge is 2.05. The number of nitrogen functional groups attached to an aromatic ring is 1. The normalized spacial score (nSPS) is 11.0. The van der Waals surface area contributed by atoms with Gasteiger partial charge in [0.05, 0.1) is 21.7 Å². The zero-order valence-electron chi connectivity index (χ0n) is 9.97. The van der Waals surface area contributed by atoms with E-state index in [4.69, 9.17) is 5.73 Å². The molecular weight excluding hydrogens is 279 g/mol. The second-order valence-electron chi connectivity index (χ2n) is 4.05. The van der Waals surface area contributed by atoms with E-state index in [2.05, 4.69) is 11.1 Å². The van der Waals surface area contributed by atoms with Crippen LogP contribution in [0.2, 0.25) is 0 Å². The lowest BCUT2D eigenvalue weighted by molar-refractivity contribution is 0.629. The third kappa shape index (κ3) is 2.72. The first-order valence-electron chi connectivity index (χ1n) is 5.74. The Bertz CT molecular complexity index is 691. The van der Waals surface area contributed by atoms with Crippen molar-refractivity contribution in [3.05, 3.63) is 53.3 Å². The smallest absolute Gasteiger partial charge is 0.147 e. The molecule has 5 heteroatoms. The van der Waals surface area contributed by atoms with E-state index in [-0.39, 0.29) is 11.5 Å². The Morgan fingerprint density at radius 1 is 1.21 bits per heavy atom. The fourth-order valence-electron chi connectivity index (χ4n) is 1.72. The first-order chi connectivity index (χ1) is 9.22. The molecule has 0 aliphatic rings. The molecule has 1 aromatic heterocycles. The molecule has 1 heterocycles. The Balaban J connectivity index is 1.76. The van der Waals surface area contributed by atoms with E-state index in [1.165, 1.54) is 10.8 Å². The van der Waals surface area contributed by atoms with Gasteiger partial charge in [0.15, 0.2) is 0 Å². The number of hydrogen-bond acceptors (Lipinski definition) is 4. The lowest BCUT2D eigenvalue weighted by Crippen LogP contribution is -1.89. The number of nitrogens with zero attached hydrogens (tertiary/aromatic N) is 1. The monoisotopic (exact) mass is 290 g/mol. The van der Waals surface area contributed by atoms with E-state index in [9.17, 15) is 4.39 Å². The van der Waals surface area contributed by atoms with Crippen LogP contribution >= 0.6 is 23.1 Å². The summed E-state index contributed by atoms with van der Waals surface area (Å²) >= 11 is 3.24. The third-order valence-corrected chi connectivity index (χ3v) is 4.90. The van der Waals surface area contributed by atoms with Crippen molar-refractivity contribution < 1.29 is 4.39 Å². The van der Waals surface area contributed by atoms with Crippen molar-refractivity contribution in [2.45, 2.75) is 10.6 Å². The molecule has 0 unspecified atom stereocenters. The van der Waals surface area contributed by atoms with Crippen LogP contribution in [0.3, 0.4) is 0 Å². The van der Waals surface area contributed by atoms with E-state index >= 15 is 0 Å². The lowest BCUT2D eigenvalue weighted by Gasteiger charge is -2.01. The van der Waals surface area contributed by atoms with E-state index < -0.39 is 0 Å². The second kappa shape index (κ2) is 5.19. The number of nitrogens with two attached hydrogens (primary N) is 1. The van der Waals surface area contributed by atoms with Gasteiger partial charge in [-0.2, -0.15) is 0 Å². The van der Waals surface area contributed by atoms with Crippen molar-refractivity contribution in [3.63, 3.8) is 0 Å². The molecule has 0 fully saturated rings. The van der Waals surface area contributed by atoms with Gasteiger partial charge in [-0.25, -0.2) is 9.37 Å². The summed E-state index contributed by atoms with van der Waals surface area (Å²) in [7, 11) is 0. The summed E-state index contributed by atoms with van der Waals surface area (Å²) in [6, 6.07) is 12.9. The summed E-state index contributed by atoms with van der Waals surface area (Å²) in [6.07, 6.45) is 0. The topological polar surface area (TPSA) is 38.9 Å². The molecule has 0 amide bonds. The predicted molar refractivity (Wildman–Crippen MR) is 80.0 cm³/mol. The highest BCUT2D eigenvalue weighted by molar-refractivity contribution is 7.98. The summed E-state index contributed by atoms with van der Waals surface area (Å²) in [6.45, 7) is 0. The van der Waals surface area contributed by atoms with Gasteiger partial charge in [0, 0.05) is 4.90 Å². The minimum Gasteiger partial charge on any atom is -0.396 e. The van der Waals surface area contributed by atoms with Crippen molar-refractivity contribution in [3.8, 4) is 0 Å². The highest BCUT2D eigenvalue weighted by Crippen LogP contribution is 2.29. The number of halogens is 1. The van der Waals surface area contributed by atoms with Crippen molar-refractivity contribution in [1.29, 1.82) is 0 Å². The maximum absolute atomic E-state index is 13.3. The average Bonchev–Trinajstić information content (AvgIpc) is 2.83. The van der Waals surface area contributed by atoms with Crippen LogP contribution in [-0.4, -0.2) is 4.98 Å². The Kier molecular flexibility index (Phi) is 3.40. The summed E-state index contributed by atoms with van der Waals surface area (Å²) in [5, 5.41) is 1.04. The number of benzene rings is 2. The van der Waals surface area contributed by atoms with Crippen LogP contribution in [0, 0.1) is 5.82 Å². The van der Waals surface area contributed by atoms with E-state index in [1.54, 1.807) is 29.2 Å². The Labute approximate surface area is 118 Å². The zero-order chi connectivity index (χ0) is 13.2. The van der Waals surface area contributed by atoms with Crippen LogP contribution in [-0.2, 0) is 5.75 Å². The number of anilines is 1. The highest BCUT2D eigenvalue weighted by atomic mass is 32.2. The van der Waals surface area contributed by atoms with Gasteiger partial charge in [-0.1, -0.05) is 12.1 Å². The minimum absolute atomic E-state index is 0.185. The quantitative estimate of drug-likeness (QED) is 0.577. The van der Waals surface area contributed by atoms with Crippen molar-refractivity contribution in [1.82, 2.24) is 4.98 Å². The van der Waals surface area contributed by atoms with Gasteiger partial charge in [0.1, 0.15) is 10.8 Å². The standard InChI is InChI=1S/C14H11FN2S2/c15-10-7-9(5-6-11(10)16)18-8-14-17-12-3-1-2-4-13(12)19-14/h1-7H,8,16H2. The molecule has 0 atom stereocenters. The van der Waals surface area contributed by atoms with Gasteiger partial charge in [-0.15, -0.1) is 23.1 Å². The van der Waals surface area contributed by atoms with Crippen molar-refractivity contribution in [2.24, 2.45) is 0 Å². The van der Waals surface area contributed by atoms with Crippen molar-refractivity contribution in [2.75, 3.05) is 5.73 Å². The molecule has 0 saturated carbocycles. The molecule has 3 rings (SSSR count). The molecule has 0 aliphatic heterocycles. The predicted octanol–water partition coefficient (Wildman–Crippen LogP) is 4.31. The van der Waals surface area contributed by atoms with Crippen LogP contribution < -0.4 is 5.73 Å². The molecule has 2 N–H and O–H groups in total. The number of thiazole rings is 1. The molecule has 0 spiro atoms. The first-order valence-corrected chi connectivity index (χ1v) is 7.55. The fraction of sp³-hybridized carbons (Fsp3) is 0.0714. The number of aromatic nitrogens is 1. The number of para-hydroxylation sites is 1. The summed E-state index contributed by atoms with van der Waals surface area (Å²) < 4.78 is 14.5. The molecule has 0 saturated heterocycles.